The average molecular weight is 567 g/mol. The van der Waals surface area contributed by atoms with Crippen molar-refractivity contribution in [1.29, 1.82) is 0 Å². The topological polar surface area (TPSA) is 18.5 Å². The highest BCUT2D eigenvalue weighted by Gasteiger charge is 2.44. The van der Waals surface area contributed by atoms with E-state index in [2.05, 4.69) is 56.3 Å². The van der Waals surface area contributed by atoms with Gasteiger partial charge in [-0.25, -0.2) is 8.78 Å². The third kappa shape index (κ3) is 3.62. The van der Waals surface area contributed by atoms with E-state index in [0.717, 1.165) is 60.9 Å². The Labute approximate surface area is 248 Å². The van der Waals surface area contributed by atoms with E-state index >= 15 is 4.39 Å². The largest absolute Gasteiger partial charge is 0.497 e. The first-order chi connectivity index (χ1) is 20.8. The van der Waals surface area contributed by atoms with Gasteiger partial charge in [-0.2, -0.15) is 0 Å². The van der Waals surface area contributed by atoms with Gasteiger partial charge < -0.3 is 9.47 Å². The summed E-state index contributed by atoms with van der Waals surface area (Å²) in [6, 6.07) is 32.3. The van der Waals surface area contributed by atoms with Crippen LogP contribution in [-0.4, -0.2) is 7.11 Å². The number of rotatable bonds is 3. The molecule has 6 aromatic rings. The SMILES string of the molecule is COc1ccc(C2(c3ccc4ccccc4c3)C=Cc3c4c(c5ccc(F)cc5c3O2)-c2ccc(F)cc2C4(C)C)cc1. The number of benzene rings is 6. The number of fused-ring (bicyclic) bond motifs is 9. The number of methoxy groups -OCH3 is 1. The number of halogens is 2. The molecule has 0 saturated carbocycles. The molecular weight excluding hydrogens is 538 g/mol. The van der Waals surface area contributed by atoms with Gasteiger partial charge in [0, 0.05) is 27.5 Å². The van der Waals surface area contributed by atoms with Crippen molar-refractivity contribution in [2.24, 2.45) is 0 Å². The third-order valence-electron chi connectivity index (χ3n) is 9.25. The van der Waals surface area contributed by atoms with Crippen LogP contribution in [0.15, 0.2) is 109 Å². The van der Waals surface area contributed by atoms with Crippen molar-refractivity contribution in [3.8, 4) is 22.6 Å². The zero-order valence-electron chi connectivity index (χ0n) is 24.0. The molecule has 0 N–H and O–H groups in total. The highest BCUT2D eigenvalue weighted by Crippen LogP contribution is 2.58. The Morgan fingerprint density at radius 3 is 2.21 bits per heavy atom. The van der Waals surface area contributed by atoms with Crippen molar-refractivity contribution in [2.45, 2.75) is 24.9 Å². The van der Waals surface area contributed by atoms with Crippen LogP contribution >= 0.6 is 0 Å². The van der Waals surface area contributed by atoms with E-state index in [9.17, 15) is 4.39 Å². The molecule has 0 amide bonds. The van der Waals surface area contributed by atoms with Crippen molar-refractivity contribution in [1.82, 2.24) is 0 Å². The fourth-order valence-corrected chi connectivity index (χ4v) is 7.17. The third-order valence-corrected chi connectivity index (χ3v) is 9.25. The molecule has 1 aliphatic carbocycles. The minimum absolute atomic E-state index is 0.273. The second kappa shape index (κ2) is 9.02. The van der Waals surface area contributed by atoms with Gasteiger partial charge in [-0.05, 0) is 87.0 Å². The van der Waals surface area contributed by atoms with Gasteiger partial charge in [0.2, 0.25) is 0 Å². The molecule has 0 bridgehead atoms. The lowest BCUT2D eigenvalue weighted by Crippen LogP contribution is -2.35. The quantitative estimate of drug-likeness (QED) is 0.212. The average Bonchev–Trinajstić information content (AvgIpc) is 3.26. The molecule has 210 valence electrons. The summed E-state index contributed by atoms with van der Waals surface area (Å²) >= 11 is 0. The van der Waals surface area contributed by atoms with Crippen LogP contribution in [0.4, 0.5) is 8.78 Å². The van der Waals surface area contributed by atoms with Crippen LogP contribution in [0.3, 0.4) is 0 Å². The summed E-state index contributed by atoms with van der Waals surface area (Å²) in [5.41, 5.74) is 5.19. The first-order valence-corrected chi connectivity index (χ1v) is 14.4. The summed E-state index contributed by atoms with van der Waals surface area (Å²) in [6.45, 7) is 4.24. The van der Waals surface area contributed by atoms with Gasteiger partial charge in [0.1, 0.15) is 23.1 Å². The highest BCUT2D eigenvalue weighted by molar-refractivity contribution is 6.08. The first-order valence-electron chi connectivity index (χ1n) is 14.4. The predicted octanol–water partition coefficient (Wildman–Crippen LogP) is 9.94. The first kappa shape index (κ1) is 25.7. The number of hydrogen-bond acceptors (Lipinski definition) is 2. The summed E-state index contributed by atoms with van der Waals surface area (Å²) in [5, 5.41) is 3.79. The molecule has 0 saturated heterocycles. The lowest BCUT2D eigenvalue weighted by Gasteiger charge is -2.38. The van der Waals surface area contributed by atoms with Crippen LogP contribution < -0.4 is 9.47 Å². The van der Waals surface area contributed by atoms with Crippen LogP contribution in [0.5, 0.6) is 11.5 Å². The minimum Gasteiger partial charge on any atom is -0.497 e. The maximum Gasteiger partial charge on any atom is 0.178 e. The smallest absolute Gasteiger partial charge is 0.178 e. The Kier molecular flexibility index (Phi) is 5.40. The Hall–Kier alpha value is -4.96. The fourth-order valence-electron chi connectivity index (χ4n) is 7.17. The van der Waals surface area contributed by atoms with Gasteiger partial charge in [0.25, 0.3) is 0 Å². The van der Waals surface area contributed by atoms with E-state index in [4.69, 9.17) is 9.47 Å². The maximum absolute atomic E-state index is 15.0. The standard InChI is InChI=1S/C39H28F2O2/c1-38(2)34-22-28(41)13-17-31(34)35-30-16-12-27(40)21-33(30)37-32(36(35)38)18-19-39(43-37,25-10-14-29(42-3)15-11-25)26-9-8-23-6-4-5-7-24(23)20-26/h4-22H,1-3H3. The van der Waals surface area contributed by atoms with Crippen LogP contribution in [-0.2, 0) is 11.0 Å². The van der Waals surface area contributed by atoms with E-state index in [1.807, 2.05) is 48.5 Å². The van der Waals surface area contributed by atoms with E-state index in [-0.39, 0.29) is 11.6 Å². The molecule has 4 heteroatoms. The van der Waals surface area contributed by atoms with Gasteiger partial charge in [0.05, 0.1) is 7.11 Å². The molecule has 0 radical (unpaired) electrons. The monoisotopic (exact) mass is 566 g/mol. The number of hydrogen-bond donors (Lipinski definition) is 0. The summed E-state index contributed by atoms with van der Waals surface area (Å²) in [6.07, 6.45) is 4.22. The summed E-state index contributed by atoms with van der Waals surface area (Å²) < 4.78 is 42.3. The van der Waals surface area contributed by atoms with Crippen molar-refractivity contribution in [3.05, 3.63) is 149 Å². The lowest BCUT2D eigenvalue weighted by molar-refractivity contribution is 0.163. The molecule has 43 heavy (non-hydrogen) atoms. The zero-order chi connectivity index (χ0) is 29.5. The van der Waals surface area contributed by atoms with Crippen LogP contribution in [0.1, 0.15) is 41.7 Å². The maximum atomic E-state index is 15.0. The molecule has 1 heterocycles. The molecule has 1 atom stereocenters. The van der Waals surface area contributed by atoms with Crippen molar-refractivity contribution in [3.63, 3.8) is 0 Å². The van der Waals surface area contributed by atoms with Gasteiger partial charge in [0.15, 0.2) is 5.60 Å². The molecule has 6 aromatic carbocycles. The molecule has 8 rings (SSSR count). The van der Waals surface area contributed by atoms with Crippen molar-refractivity contribution < 1.29 is 18.3 Å². The van der Waals surface area contributed by atoms with Crippen LogP contribution in [0.25, 0.3) is 38.7 Å². The fraction of sp³-hybridized carbons (Fsp3) is 0.128. The molecule has 0 spiro atoms. The van der Waals surface area contributed by atoms with Gasteiger partial charge in [-0.1, -0.05) is 80.6 Å². The zero-order valence-corrected chi connectivity index (χ0v) is 24.0. The molecule has 0 fully saturated rings. The lowest BCUT2D eigenvalue weighted by atomic mass is 9.76. The predicted molar refractivity (Wildman–Crippen MR) is 169 cm³/mol. The Bertz CT molecular complexity index is 2140. The summed E-state index contributed by atoms with van der Waals surface area (Å²) in [4.78, 5) is 0. The van der Waals surface area contributed by atoms with Gasteiger partial charge in [-0.3, -0.25) is 0 Å². The van der Waals surface area contributed by atoms with E-state index in [0.29, 0.717) is 11.1 Å². The normalized spacial score (nSPS) is 17.8. The van der Waals surface area contributed by atoms with Crippen LogP contribution in [0.2, 0.25) is 0 Å². The number of ether oxygens (including phenoxy) is 2. The van der Waals surface area contributed by atoms with E-state index < -0.39 is 11.0 Å². The Morgan fingerprint density at radius 1 is 0.698 bits per heavy atom. The molecular formula is C39H28F2O2. The van der Waals surface area contributed by atoms with Crippen molar-refractivity contribution >= 4 is 27.6 Å². The van der Waals surface area contributed by atoms with E-state index in [1.165, 1.54) is 12.1 Å². The van der Waals surface area contributed by atoms with E-state index in [1.54, 1.807) is 19.2 Å². The molecule has 0 aromatic heterocycles. The molecule has 2 aliphatic rings. The van der Waals surface area contributed by atoms with Gasteiger partial charge in [-0.15, -0.1) is 0 Å². The molecule has 1 unspecified atom stereocenters. The second-order valence-electron chi connectivity index (χ2n) is 12.0. The minimum atomic E-state index is -1.00. The molecule has 1 aliphatic heterocycles. The van der Waals surface area contributed by atoms with Crippen molar-refractivity contribution in [2.75, 3.05) is 7.11 Å². The Balaban J connectivity index is 1.45. The summed E-state index contributed by atoms with van der Waals surface area (Å²) in [5.74, 6) is 0.742. The summed E-state index contributed by atoms with van der Waals surface area (Å²) in [7, 11) is 1.65. The van der Waals surface area contributed by atoms with Crippen LogP contribution in [0, 0.1) is 11.6 Å². The molecule has 2 nitrogen and oxygen atoms in total. The Morgan fingerprint density at radius 2 is 1.42 bits per heavy atom. The highest BCUT2D eigenvalue weighted by atomic mass is 19.1. The van der Waals surface area contributed by atoms with Gasteiger partial charge >= 0.3 is 0 Å². The second-order valence-corrected chi connectivity index (χ2v) is 12.0.